The van der Waals surface area contributed by atoms with Gasteiger partial charge >= 0.3 is 5.97 Å². The Balaban J connectivity index is 1.94. The van der Waals surface area contributed by atoms with Crippen molar-refractivity contribution < 1.29 is 9.53 Å². The largest absolute Gasteiger partial charge is 0.463 e. The van der Waals surface area contributed by atoms with Crippen LogP contribution in [0.1, 0.15) is 31.7 Å². The number of nitrogens with zero attached hydrogens (tertiary/aromatic N) is 1. The predicted molar refractivity (Wildman–Crippen MR) is 84.6 cm³/mol. The zero-order valence-electron chi connectivity index (χ0n) is 12.0. The van der Waals surface area contributed by atoms with Crippen molar-refractivity contribution in [2.45, 2.75) is 26.2 Å². The molecule has 0 amide bonds. The van der Waals surface area contributed by atoms with Crippen LogP contribution in [0.5, 0.6) is 0 Å². The summed E-state index contributed by atoms with van der Waals surface area (Å²) in [5.41, 5.74) is 1.99. The van der Waals surface area contributed by atoms with Crippen LogP contribution in [0.15, 0.2) is 35.9 Å². The van der Waals surface area contributed by atoms with Crippen LogP contribution in [-0.4, -0.2) is 17.6 Å². The molecule has 0 saturated heterocycles. The second-order valence-electron chi connectivity index (χ2n) is 5.05. The minimum atomic E-state index is -0.306. The second-order valence-corrected chi connectivity index (χ2v) is 5.83. The van der Waals surface area contributed by atoms with E-state index in [0.717, 1.165) is 17.6 Å². The van der Waals surface area contributed by atoms with Gasteiger partial charge in [-0.2, -0.15) is 0 Å². The minimum absolute atomic E-state index is 0.306. The molecule has 21 heavy (non-hydrogen) atoms. The van der Waals surface area contributed by atoms with Gasteiger partial charge in [0.15, 0.2) is 0 Å². The summed E-state index contributed by atoms with van der Waals surface area (Å²) in [7, 11) is 0. The fourth-order valence-corrected chi connectivity index (χ4v) is 2.68. The maximum Gasteiger partial charge on any atom is 0.330 e. The van der Waals surface area contributed by atoms with Crippen molar-refractivity contribution in [3.05, 3.63) is 51.8 Å². The lowest BCUT2D eigenvalue weighted by Gasteiger charge is -2.00. The number of allylic oxidation sites excluding steroid dienone is 3. The van der Waals surface area contributed by atoms with Gasteiger partial charge in [0.05, 0.1) is 6.61 Å². The lowest BCUT2D eigenvalue weighted by Crippen LogP contribution is -1.99. The molecule has 0 aliphatic heterocycles. The van der Waals surface area contributed by atoms with Crippen LogP contribution in [0.3, 0.4) is 0 Å². The van der Waals surface area contributed by atoms with Gasteiger partial charge in [-0.1, -0.05) is 35.4 Å². The van der Waals surface area contributed by atoms with E-state index in [2.05, 4.69) is 11.1 Å². The molecule has 1 saturated carbocycles. The first-order valence-corrected chi connectivity index (χ1v) is 7.61. The summed E-state index contributed by atoms with van der Waals surface area (Å²) < 4.78 is 4.87. The van der Waals surface area contributed by atoms with Crippen LogP contribution < -0.4 is 0 Å². The molecule has 0 N–H and O–H groups in total. The number of rotatable bonds is 5. The molecule has 1 aromatic heterocycles. The molecule has 1 aromatic rings. The Labute approximate surface area is 134 Å². The highest BCUT2D eigenvalue weighted by molar-refractivity contribution is 6.32. The molecule has 0 radical (unpaired) electrons. The van der Waals surface area contributed by atoms with Crippen molar-refractivity contribution in [1.82, 2.24) is 4.98 Å². The highest BCUT2D eigenvalue weighted by atomic mass is 35.5. The van der Waals surface area contributed by atoms with Crippen molar-refractivity contribution in [2.24, 2.45) is 5.92 Å². The number of carbonyl (C=O) groups excluding carboxylic acids is 1. The maximum atomic E-state index is 11.3. The molecule has 3 nitrogen and oxygen atoms in total. The first-order valence-electron chi connectivity index (χ1n) is 6.86. The number of aromatic nitrogens is 1. The molecule has 1 aliphatic rings. The van der Waals surface area contributed by atoms with E-state index in [0.29, 0.717) is 28.7 Å². The molecule has 1 aliphatic carbocycles. The van der Waals surface area contributed by atoms with Crippen LogP contribution in [-0.2, 0) is 9.53 Å². The van der Waals surface area contributed by atoms with E-state index in [1.807, 2.05) is 25.1 Å². The summed E-state index contributed by atoms with van der Waals surface area (Å²) in [6.45, 7) is 4.06. The summed E-state index contributed by atoms with van der Waals surface area (Å²) in [6.07, 6.45) is 6.61. The van der Waals surface area contributed by atoms with Crippen LogP contribution in [0, 0.1) is 5.92 Å². The van der Waals surface area contributed by atoms with Crippen LogP contribution in [0.4, 0.5) is 0 Å². The van der Waals surface area contributed by atoms with Gasteiger partial charge in [-0.25, -0.2) is 9.78 Å². The molecular weight excluding hydrogens is 309 g/mol. The van der Waals surface area contributed by atoms with Crippen molar-refractivity contribution >= 4 is 29.2 Å². The molecule has 0 spiro atoms. The van der Waals surface area contributed by atoms with Gasteiger partial charge in [-0.3, -0.25) is 0 Å². The lowest BCUT2D eigenvalue weighted by atomic mass is 10.1. The summed E-state index contributed by atoms with van der Waals surface area (Å²) in [5, 5.41) is 0.844. The first-order chi connectivity index (χ1) is 9.99. The number of halogens is 2. The quantitative estimate of drug-likeness (QED) is 0.345. The molecule has 1 fully saturated rings. The SMILES string of the molecule is CCOC(=O)/C=C(C)/C=C/[C@@H]1C[C@H]1c1cc(Cl)nc(Cl)c1. The molecule has 0 aromatic carbocycles. The second kappa shape index (κ2) is 7.10. The third kappa shape index (κ3) is 4.87. The van der Waals surface area contributed by atoms with E-state index in [9.17, 15) is 4.79 Å². The van der Waals surface area contributed by atoms with E-state index < -0.39 is 0 Å². The zero-order chi connectivity index (χ0) is 15.4. The van der Waals surface area contributed by atoms with Gasteiger partial charge < -0.3 is 4.74 Å². The van der Waals surface area contributed by atoms with Gasteiger partial charge in [0.2, 0.25) is 0 Å². The van der Waals surface area contributed by atoms with E-state index in [1.165, 1.54) is 6.08 Å². The zero-order valence-corrected chi connectivity index (χ0v) is 13.5. The summed E-state index contributed by atoms with van der Waals surface area (Å²) >= 11 is 11.8. The van der Waals surface area contributed by atoms with Gasteiger partial charge in [-0.05, 0) is 55.4 Å². The highest BCUT2D eigenvalue weighted by Gasteiger charge is 2.36. The molecule has 0 bridgehead atoms. The Bertz CT molecular complexity index is 576. The minimum Gasteiger partial charge on any atom is -0.463 e. The fraction of sp³-hybridized carbons (Fsp3) is 0.375. The Kier molecular flexibility index (Phi) is 5.43. The first kappa shape index (κ1) is 16.1. The number of esters is 1. The third-order valence-electron chi connectivity index (χ3n) is 3.29. The van der Waals surface area contributed by atoms with E-state index in [4.69, 9.17) is 27.9 Å². The average Bonchev–Trinajstić information content (AvgIpc) is 3.15. The number of pyridine rings is 1. The Hall–Kier alpha value is -1.32. The fourth-order valence-electron chi connectivity index (χ4n) is 2.20. The summed E-state index contributed by atoms with van der Waals surface area (Å²) in [4.78, 5) is 15.3. The summed E-state index contributed by atoms with van der Waals surface area (Å²) in [5.74, 6) is 0.569. The Morgan fingerprint density at radius 2 is 2.10 bits per heavy atom. The van der Waals surface area contributed by atoms with Crippen molar-refractivity contribution in [1.29, 1.82) is 0 Å². The number of carbonyl (C=O) groups is 1. The third-order valence-corrected chi connectivity index (χ3v) is 3.68. The van der Waals surface area contributed by atoms with Crippen molar-refractivity contribution in [3.63, 3.8) is 0 Å². The van der Waals surface area contributed by atoms with Crippen LogP contribution >= 0.6 is 23.2 Å². The van der Waals surface area contributed by atoms with Gasteiger partial charge in [0, 0.05) is 6.08 Å². The van der Waals surface area contributed by atoms with Crippen LogP contribution in [0.2, 0.25) is 10.3 Å². The molecule has 1 heterocycles. The lowest BCUT2D eigenvalue weighted by molar-refractivity contribution is -0.137. The molecule has 112 valence electrons. The Morgan fingerprint density at radius 1 is 1.43 bits per heavy atom. The van der Waals surface area contributed by atoms with Crippen LogP contribution in [0.25, 0.3) is 0 Å². The molecule has 0 unspecified atom stereocenters. The van der Waals surface area contributed by atoms with Crippen molar-refractivity contribution in [3.8, 4) is 0 Å². The van der Waals surface area contributed by atoms with Gasteiger partial charge in [0.1, 0.15) is 10.3 Å². The topological polar surface area (TPSA) is 39.2 Å². The molecule has 5 heteroatoms. The van der Waals surface area contributed by atoms with E-state index in [1.54, 1.807) is 6.92 Å². The number of hydrogen-bond donors (Lipinski definition) is 0. The number of ether oxygens (including phenoxy) is 1. The molecule has 2 rings (SSSR count). The molecule has 2 atom stereocenters. The standard InChI is InChI=1S/C16H17Cl2NO2/c1-3-21-16(20)6-10(2)4-5-11-7-13(11)12-8-14(17)19-15(18)9-12/h4-6,8-9,11,13H,3,7H2,1-2H3/b5-4+,10-6+/t11-,13-/m1/s1. The van der Waals surface area contributed by atoms with Crippen molar-refractivity contribution in [2.75, 3.05) is 6.61 Å². The monoisotopic (exact) mass is 325 g/mol. The van der Waals surface area contributed by atoms with E-state index in [-0.39, 0.29) is 5.97 Å². The van der Waals surface area contributed by atoms with Gasteiger partial charge in [0.25, 0.3) is 0 Å². The maximum absolute atomic E-state index is 11.3. The highest BCUT2D eigenvalue weighted by Crippen LogP contribution is 2.49. The molecular formula is C16H17Cl2NO2. The average molecular weight is 326 g/mol. The normalized spacial score (nSPS) is 21.6. The van der Waals surface area contributed by atoms with E-state index >= 15 is 0 Å². The van der Waals surface area contributed by atoms with Gasteiger partial charge in [-0.15, -0.1) is 0 Å². The Morgan fingerprint density at radius 3 is 2.71 bits per heavy atom. The smallest absolute Gasteiger partial charge is 0.330 e. The predicted octanol–water partition coefficient (Wildman–Crippen LogP) is 4.56. The summed E-state index contributed by atoms with van der Waals surface area (Å²) in [6, 6.07) is 3.71. The number of hydrogen-bond acceptors (Lipinski definition) is 3.